The first-order chi connectivity index (χ1) is 13.8. The van der Waals surface area contributed by atoms with Gasteiger partial charge < -0.3 is 5.32 Å². The molecular formula is C22H29N3O3S. The first-order valence-corrected chi connectivity index (χ1v) is 11.8. The molecule has 1 unspecified atom stereocenters. The summed E-state index contributed by atoms with van der Waals surface area (Å²) in [6.45, 7) is 5.17. The van der Waals surface area contributed by atoms with Crippen LogP contribution < -0.4 is 9.62 Å². The van der Waals surface area contributed by atoms with Gasteiger partial charge in [-0.3, -0.25) is 14.0 Å². The second kappa shape index (κ2) is 9.41. The molecule has 0 aromatic heterocycles. The number of nitrogens with one attached hydrogen (secondary N) is 1. The summed E-state index contributed by atoms with van der Waals surface area (Å²) in [5.41, 5.74) is 2.71. The summed E-state index contributed by atoms with van der Waals surface area (Å²) in [7, 11) is -3.60. The number of para-hydroxylation sites is 1. The molecule has 0 bridgehead atoms. The van der Waals surface area contributed by atoms with E-state index in [9.17, 15) is 13.2 Å². The molecule has 1 saturated heterocycles. The van der Waals surface area contributed by atoms with E-state index >= 15 is 0 Å². The number of benzene rings is 2. The van der Waals surface area contributed by atoms with Gasteiger partial charge in [0.05, 0.1) is 11.9 Å². The molecule has 2 aromatic carbocycles. The average molecular weight is 416 g/mol. The molecule has 0 saturated carbocycles. The summed E-state index contributed by atoms with van der Waals surface area (Å²) < 4.78 is 25.8. The Bertz CT molecular complexity index is 925. The maximum atomic E-state index is 12.7. The van der Waals surface area contributed by atoms with Gasteiger partial charge in [-0.25, -0.2) is 8.42 Å². The molecule has 1 aliphatic rings. The Labute approximate surface area is 173 Å². The van der Waals surface area contributed by atoms with Crippen molar-refractivity contribution in [1.82, 2.24) is 10.2 Å². The summed E-state index contributed by atoms with van der Waals surface area (Å²) in [5, 5.41) is 2.88. The number of hydrogen-bond donors (Lipinski definition) is 1. The van der Waals surface area contributed by atoms with Crippen LogP contribution in [0.3, 0.4) is 0 Å². The first-order valence-electron chi connectivity index (χ1n) is 9.97. The van der Waals surface area contributed by atoms with Crippen molar-refractivity contribution in [3.05, 3.63) is 65.7 Å². The summed E-state index contributed by atoms with van der Waals surface area (Å²) in [5.74, 6) is -0.329. The summed E-state index contributed by atoms with van der Waals surface area (Å²) in [4.78, 5) is 15.2. The number of likely N-dealkylation sites (tertiary alicyclic amines) is 1. The molecule has 7 heteroatoms. The van der Waals surface area contributed by atoms with E-state index in [1.54, 1.807) is 31.2 Å². The number of sulfonamides is 1. The van der Waals surface area contributed by atoms with E-state index in [0.29, 0.717) is 12.2 Å². The highest BCUT2D eigenvalue weighted by atomic mass is 32.2. The van der Waals surface area contributed by atoms with Gasteiger partial charge >= 0.3 is 0 Å². The molecule has 29 heavy (non-hydrogen) atoms. The first kappa shape index (κ1) is 21.3. The lowest BCUT2D eigenvalue weighted by molar-refractivity contribution is -0.122. The molecular weight excluding hydrogens is 386 g/mol. The zero-order chi connectivity index (χ0) is 20.9. The molecule has 156 valence electrons. The van der Waals surface area contributed by atoms with E-state index in [1.807, 2.05) is 18.2 Å². The van der Waals surface area contributed by atoms with Crippen LogP contribution in [0.5, 0.6) is 0 Å². The summed E-state index contributed by atoms with van der Waals surface area (Å²) in [6, 6.07) is 16.0. The van der Waals surface area contributed by atoms with Gasteiger partial charge in [0.15, 0.2) is 0 Å². The molecule has 0 spiro atoms. The van der Waals surface area contributed by atoms with Gasteiger partial charge in [0.2, 0.25) is 15.9 Å². The molecule has 1 fully saturated rings. The van der Waals surface area contributed by atoms with Crippen molar-refractivity contribution < 1.29 is 13.2 Å². The van der Waals surface area contributed by atoms with Gasteiger partial charge in [-0.15, -0.1) is 0 Å². The van der Waals surface area contributed by atoms with Crippen LogP contribution in [-0.4, -0.2) is 44.6 Å². The summed E-state index contributed by atoms with van der Waals surface area (Å²) >= 11 is 0. The molecule has 1 heterocycles. The number of carbonyl (C=O) groups is 1. The normalized spacial score (nSPS) is 15.8. The zero-order valence-corrected chi connectivity index (χ0v) is 17.9. The number of hydrogen-bond acceptors (Lipinski definition) is 4. The Hall–Kier alpha value is -2.38. The maximum absolute atomic E-state index is 12.7. The van der Waals surface area contributed by atoms with Crippen LogP contribution in [0.4, 0.5) is 5.69 Å². The molecule has 0 radical (unpaired) electrons. The fraction of sp³-hybridized carbons (Fsp3) is 0.409. The smallest absolute Gasteiger partial charge is 0.243 e. The fourth-order valence-corrected chi connectivity index (χ4v) is 4.93. The summed E-state index contributed by atoms with van der Waals surface area (Å²) in [6.07, 6.45) is 3.63. The van der Waals surface area contributed by atoms with E-state index in [4.69, 9.17) is 0 Å². The number of nitrogens with zero attached hydrogens (tertiary/aromatic N) is 2. The van der Waals surface area contributed by atoms with Gasteiger partial charge in [0, 0.05) is 13.1 Å². The second-order valence-corrected chi connectivity index (χ2v) is 9.45. The Morgan fingerprint density at radius 3 is 2.38 bits per heavy atom. The maximum Gasteiger partial charge on any atom is 0.243 e. The third-order valence-electron chi connectivity index (χ3n) is 5.16. The van der Waals surface area contributed by atoms with Crippen LogP contribution in [0.1, 0.15) is 30.9 Å². The van der Waals surface area contributed by atoms with Crippen LogP contribution in [0.2, 0.25) is 0 Å². The van der Waals surface area contributed by atoms with Crippen molar-refractivity contribution in [3.8, 4) is 0 Å². The molecule has 1 aliphatic heterocycles. The number of carbonyl (C=O) groups excluding carboxylic acids is 1. The molecule has 6 nitrogen and oxygen atoms in total. The molecule has 2 aromatic rings. The SMILES string of the molecule is CC(C(=O)NCc1cccc(CN2CCCC2)c1)N(c1ccccc1)S(C)(=O)=O. The van der Waals surface area contributed by atoms with E-state index in [0.717, 1.165) is 35.8 Å². The Morgan fingerprint density at radius 2 is 1.72 bits per heavy atom. The minimum absolute atomic E-state index is 0.329. The van der Waals surface area contributed by atoms with Crippen molar-refractivity contribution >= 4 is 21.6 Å². The average Bonchev–Trinajstić information content (AvgIpc) is 3.19. The monoisotopic (exact) mass is 415 g/mol. The van der Waals surface area contributed by atoms with E-state index in [-0.39, 0.29) is 5.91 Å². The van der Waals surface area contributed by atoms with Gasteiger partial charge in [0.1, 0.15) is 6.04 Å². The van der Waals surface area contributed by atoms with Crippen LogP contribution in [0.15, 0.2) is 54.6 Å². The largest absolute Gasteiger partial charge is 0.350 e. The van der Waals surface area contributed by atoms with Gasteiger partial charge in [0.25, 0.3) is 0 Å². The fourth-order valence-electron chi connectivity index (χ4n) is 3.76. The minimum Gasteiger partial charge on any atom is -0.350 e. The van der Waals surface area contributed by atoms with Crippen LogP contribution in [-0.2, 0) is 27.9 Å². The Kier molecular flexibility index (Phi) is 6.92. The molecule has 0 aliphatic carbocycles. The second-order valence-electron chi connectivity index (χ2n) is 7.59. The lowest BCUT2D eigenvalue weighted by Gasteiger charge is -2.28. The quantitative estimate of drug-likeness (QED) is 0.720. The predicted molar refractivity (Wildman–Crippen MR) is 116 cm³/mol. The lowest BCUT2D eigenvalue weighted by atomic mass is 10.1. The van der Waals surface area contributed by atoms with Crippen LogP contribution >= 0.6 is 0 Å². The van der Waals surface area contributed by atoms with Crippen molar-refractivity contribution in [1.29, 1.82) is 0 Å². The predicted octanol–water partition coefficient (Wildman–Crippen LogP) is 2.75. The molecule has 3 rings (SSSR count). The third kappa shape index (κ3) is 5.81. The van der Waals surface area contributed by atoms with E-state index < -0.39 is 16.1 Å². The van der Waals surface area contributed by atoms with Gasteiger partial charge in [-0.2, -0.15) is 0 Å². The highest BCUT2D eigenvalue weighted by molar-refractivity contribution is 7.92. The topological polar surface area (TPSA) is 69.7 Å². The number of rotatable bonds is 8. The standard InChI is InChI=1S/C22H29N3O3S/c1-18(25(29(2,27)28)21-11-4-3-5-12-21)22(26)23-16-19-9-8-10-20(15-19)17-24-13-6-7-14-24/h3-5,8-12,15,18H,6-7,13-14,16-17H2,1-2H3,(H,23,26). The van der Waals surface area contributed by atoms with Crippen molar-refractivity contribution in [3.63, 3.8) is 0 Å². The van der Waals surface area contributed by atoms with Crippen LogP contribution in [0, 0.1) is 0 Å². The van der Waals surface area contributed by atoms with E-state index in [1.165, 1.54) is 18.4 Å². The van der Waals surface area contributed by atoms with Crippen molar-refractivity contribution in [2.75, 3.05) is 23.7 Å². The lowest BCUT2D eigenvalue weighted by Crippen LogP contribution is -2.47. The third-order valence-corrected chi connectivity index (χ3v) is 6.40. The minimum atomic E-state index is -3.60. The highest BCUT2D eigenvalue weighted by Gasteiger charge is 2.28. The van der Waals surface area contributed by atoms with Crippen molar-refractivity contribution in [2.45, 2.75) is 38.9 Å². The molecule has 1 N–H and O–H groups in total. The Morgan fingerprint density at radius 1 is 1.07 bits per heavy atom. The zero-order valence-electron chi connectivity index (χ0n) is 17.0. The van der Waals surface area contributed by atoms with Gasteiger partial charge in [-0.05, 0) is 56.1 Å². The number of amides is 1. The molecule has 1 amide bonds. The van der Waals surface area contributed by atoms with Crippen molar-refractivity contribution in [2.24, 2.45) is 0 Å². The highest BCUT2D eigenvalue weighted by Crippen LogP contribution is 2.20. The van der Waals surface area contributed by atoms with Gasteiger partial charge in [-0.1, -0.05) is 42.5 Å². The van der Waals surface area contributed by atoms with E-state index in [2.05, 4.69) is 22.3 Å². The van der Waals surface area contributed by atoms with Crippen LogP contribution in [0.25, 0.3) is 0 Å². The molecule has 1 atom stereocenters. The Balaban J connectivity index is 1.64. The number of anilines is 1.